The minimum absolute atomic E-state index is 0.209. The van der Waals surface area contributed by atoms with Crippen molar-refractivity contribution in [3.63, 3.8) is 0 Å². The minimum atomic E-state index is -4.51. The molecule has 1 aromatic rings. The SMILES string of the molecule is CNC1=C(C(F)(F)F)C=NC(N)(c2cc(C3CC3)nn2C)N1. The van der Waals surface area contributed by atoms with Gasteiger partial charge in [0.25, 0.3) is 0 Å². The average molecular weight is 314 g/mol. The zero-order valence-corrected chi connectivity index (χ0v) is 12.2. The van der Waals surface area contributed by atoms with Gasteiger partial charge in [0.15, 0.2) is 0 Å². The van der Waals surface area contributed by atoms with E-state index in [0.717, 1.165) is 24.8 Å². The maximum atomic E-state index is 12.9. The molecule has 0 amide bonds. The predicted molar refractivity (Wildman–Crippen MR) is 74.8 cm³/mol. The van der Waals surface area contributed by atoms with E-state index < -0.39 is 17.5 Å². The molecule has 1 atom stereocenters. The smallest absolute Gasteiger partial charge is 0.374 e. The molecular formula is C13H17F3N6. The Labute approximate surface area is 125 Å². The molecule has 6 nitrogen and oxygen atoms in total. The van der Waals surface area contributed by atoms with Crippen LogP contribution in [0.2, 0.25) is 0 Å². The number of aromatic nitrogens is 2. The highest BCUT2D eigenvalue weighted by atomic mass is 19.4. The number of nitrogens with one attached hydrogen (secondary N) is 2. The van der Waals surface area contributed by atoms with E-state index in [1.54, 1.807) is 17.8 Å². The number of aliphatic imine (C=N–C) groups is 1. The number of allylic oxidation sites excluding steroid dienone is 1. The number of rotatable bonds is 3. The van der Waals surface area contributed by atoms with Gasteiger partial charge in [-0.25, -0.2) is 4.99 Å². The van der Waals surface area contributed by atoms with Crippen molar-refractivity contribution in [2.24, 2.45) is 17.8 Å². The first kappa shape index (κ1) is 14.9. The van der Waals surface area contributed by atoms with Gasteiger partial charge in [0.05, 0.1) is 5.69 Å². The largest absolute Gasteiger partial charge is 0.421 e. The summed E-state index contributed by atoms with van der Waals surface area (Å²) in [5.74, 6) is -1.28. The highest BCUT2D eigenvalue weighted by Gasteiger charge is 2.42. The Hall–Kier alpha value is -2.03. The Bertz CT molecular complexity index is 655. The van der Waals surface area contributed by atoms with Crippen molar-refractivity contribution in [3.05, 3.63) is 28.8 Å². The third-order valence-corrected chi connectivity index (χ3v) is 3.82. The summed E-state index contributed by atoms with van der Waals surface area (Å²) in [4.78, 5) is 3.89. The van der Waals surface area contributed by atoms with E-state index in [1.165, 1.54) is 7.05 Å². The Morgan fingerprint density at radius 2 is 2.14 bits per heavy atom. The maximum absolute atomic E-state index is 12.9. The van der Waals surface area contributed by atoms with Crippen LogP contribution in [0.15, 0.2) is 22.5 Å². The topological polar surface area (TPSA) is 80.3 Å². The van der Waals surface area contributed by atoms with E-state index >= 15 is 0 Å². The summed E-state index contributed by atoms with van der Waals surface area (Å²) in [5.41, 5.74) is 6.70. The summed E-state index contributed by atoms with van der Waals surface area (Å²) < 4.78 is 40.4. The summed E-state index contributed by atoms with van der Waals surface area (Å²) >= 11 is 0. The summed E-state index contributed by atoms with van der Waals surface area (Å²) in [6, 6.07) is 1.80. The summed E-state index contributed by atoms with van der Waals surface area (Å²) in [7, 11) is 3.10. The van der Waals surface area contributed by atoms with Gasteiger partial charge in [0.1, 0.15) is 17.1 Å². The normalized spacial score (nSPS) is 25.4. The van der Waals surface area contributed by atoms with Crippen LogP contribution in [0.5, 0.6) is 0 Å². The number of alkyl halides is 3. The van der Waals surface area contributed by atoms with Crippen molar-refractivity contribution in [1.29, 1.82) is 0 Å². The number of hydrogen-bond donors (Lipinski definition) is 3. The number of nitrogens with two attached hydrogens (primary N) is 1. The van der Waals surface area contributed by atoms with Gasteiger partial charge in [-0.15, -0.1) is 0 Å². The number of nitrogens with zero attached hydrogens (tertiary/aromatic N) is 3. The summed E-state index contributed by atoms with van der Waals surface area (Å²) in [5, 5.41) is 9.50. The van der Waals surface area contributed by atoms with E-state index in [1.807, 2.05) is 0 Å². The Morgan fingerprint density at radius 3 is 2.68 bits per heavy atom. The number of halogens is 3. The molecule has 1 fully saturated rings. The molecule has 120 valence electrons. The lowest BCUT2D eigenvalue weighted by molar-refractivity contribution is -0.0876. The lowest BCUT2D eigenvalue weighted by Gasteiger charge is -2.33. The van der Waals surface area contributed by atoms with E-state index in [2.05, 4.69) is 20.7 Å². The molecule has 0 saturated heterocycles. The van der Waals surface area contributed by atoms with Crippen LogP contribution in [0.25, 0.3) is 0 Å². The molecule has 22 heavy (non-hydrogen) atoms. The molecule has 0 radical (unpaired) electrons. The third kappa shape index (κ3) is 2.45. The van der Waals surface area contributed by atoms with Crippen molar-refractivity contribution in [2.75, 3.05) is 7.05 Å². The molecule has 0 aromatic carbocycles. The van der Waals surface area contributed by atoms with Crippen LogP contribution in [0.4, 0.5) is 13.2 Å². The van der Waals surface area contributed by atoms with Crippen LogP contribution in [0.1, 0.15) is 30.1 Å². The highest BCUT2D eigenvalue weighted by molar-refractivity contribution is 5.82. The Morgan fingerprint density at radius 1 is 1.45 bits per heavy atom. The van der Waals surface area contributed by atoms with Gasteiger partial charge in [0.2, 0.25) is 5.79 Å². The molecule has 1 aliphatic heterocycles. The first-order valence-electron chi connectivity index (χ1n) is 6.90. The molecule has 1 unspecified atom stereocenters. The maximum Gasteiger partial charge on any atom is 0.421 e. The second-order valence-corrected chi connectivity index (χ2v) is 5.54. The van der Waals surface area contributed by atoms with Crippen molar-refractivity contribution in [2.45, 2.75) is 30.7 Å². The zero-order valence-electron chi connectivity index (χ0n) is 12.2. The minimum Gasteiger partial charge on any atom is -0.374 e. The van der Waals surface area contributed by atoms with Crippen molar-refractivity contribution in [3.8, 4) is 0 Å². The van der Waals surface area contributed by atoms with Crippen LogP contribution >= 0.6 is 0 Å². The van der Waals surface area contributed by atoms with Crippen LogP contribution in [-0.2, 0) is 12.8 Å². The second kappa shape index (κ2) is 4.73. The Kier molecular flexibility index (Phi) is 3.20. The standard InChI is InChI=1S/C13H17F3N6/c1-18-11-8(12(14,15)16)6-19-13(17,20-11)10-5-9(7-3-4-7)21-22(10)2/h5-7,18,20H,3-4,17H2,1-2H3. The summed E-state index contributed by atoms with van der Waals surface area (Å²) in [6.45, 7) is 0. The molecule has 9 heteroatoms. The zero-order chi connectivity index (χ0) is 16.1. The second-order valence-electron chi connectivity index (χ2n) is 5.54. The fraction of sp³-hybridized carbons (Fsp3) is 0.538. The quantitative estimate of drug-likeness (QED) is 0.778. The fourth-order valence-electron chi connectivity index (χ4n) is 2.49. The van der Waals surface area contributed by atoms with Crippen molar-refractivity contribution in [1.82, 2.24) is 20.4 Å². The van der Waals surface area contributed by atoms with E-state index in [-0.39, 0.29) is 5.82 Å². The van der Waals surface area contributed by atoms with Gasteiger partial charge in [-0.3, -0.25) is 10.4 Å². The number of hydrogen-bond acceptors (Lipinski definition) is 5. The van der Waals surface area contributed by atoms with Gasteiger partial charge in [0, 0.05) is 26.2 Å². The van der Waals surface area contributed by atoms with E-state index in [0.29, 0.717) is 11.6 Å². The van der Waals surface area contributed by atoms with E-state index in [9.17, 15) is 13.2 Å². The molecule has 1 saturated carbocycles. The Balaban J connectivity index is 1.96. The van der Waals surface area contributed by atoms with Crippen molar-refractivity contribution < 1.29 is 13.2 Å². The monoisotopic (exact) mass is 314 g/mol. The van der Waals surface area contributed by atoms with E-state index in [4.69, 9.17) is 5.73 Å². The molecule has 1 aliphatic carbocycles. The number of aryl methyl sites for hydroxylation is 1. The van der Waals surface area contributed by atoms with Crippen LogP contribution in [0, 0.1) is 0 Å². The highest BCUT2D eigenvalue weighted by Crippen LogP contribution is 2.40. The molecule has 4 N–H and O–H groups in total. The fourth-order valence-corrected chi connectivity index (χ4v) is 2.49. The first-order chi connectivity index (χ1) is 10.2. The average Bonchev–Trinajstić information content (AvgIpc) is 3.20. The van der Waals surface area contributed by atoms with Gasteiger partial charge < -0.3 is 10.6 Å². The van der Waals surface area contributed by atoms with Gasteiger partial charge in [-0.05, 0) is 18.9 Å². The lowest BCUT2D eigenvalue weighted by Crippen LogP contribution is -2.54. The molecule has 2 aliphatic rings. The van der Waals surface area contributed by atoms with Crippen LogP contribution in [-0.4, -0.2) is 29.2 Å². The summed E-state index contributed by atoms with van der Waals surface area (Å²) in [6.07, 6.45) is -1.61. The van der Waals surface area contributed by atoms with Gasteiger partial charge >= 0.3 is 6.18 Å². The van der Waals surface area contributed by atoms with Crippen molar-refractivity contribution >= 4 is 6.21 Å². The molecule has 2 heterocycles. The molecular weight excluding hydrogens is 297 g/mol. The molecule has 0 spiro atoms. The van der Waals surface area contributed by atoms with Gasteiger partial charge in [-0.1, -0.05) is 0 Å². The predicted octanol–water partition coefficient (Wildman–Crippen LogP) is 1.03. The van der Waals surface area contributed by atoms with Crippen LogP contribution < -0.4 is 16.4 Å². The lowest BCUT2D eigenvalue weighted by atomic mass is 10.1. The first-order valence-corrected chi connectivity index (χ1v) is 6.90. The molecule has 0 bridgehead atoms. The molecule has 3 rings (SSSR count). The van der Waals surface area contributed by atoms with Gasteiger partial charge in [-0.2, -0.15) is 18.3 Å². The van der Waals surface area contributed by atoms with Crippen LogP contribution in [0.3, 0.4) is 0 Å². The third-order valence-electron chi connectivity index (χ3n) is 3.82. The molecule has 1 aromatic heterocycles.